The first-order valence-corrected chi connectivity index (χ1v) is 11.4. The Kier molecular flexibility index (Phi) is 3.04. The molecule has 6 rings (SSSR count). The number of rotatable bonds is 4. The smallest absolute Gasteiger partial charge is 0.305 e. The molecular formula is C23H35NO3. The molecule has 6 aliphatic rings. The highest BCUT2D eigenvalue weighted by atomic mass is 16.9. The van der Waals surface area contributed by atoms with E-state index < -0.39 is 0 Å². The Hall–Kier alpha value is -0.610. The summed E-state index contributed by atoms with van der Waals surface area (Å²) in [6.07, 6.45) is 11.1. The molecule has 4 heteroatoms. The van der Waals surface area contributed by atoms with Crippen LogP contribution in [0.15, 0.2) is 0 Å². The summed E-state index contributed by atoms with van der Waals surface area (Å²) in [6.45, 7) is 8.55. The van der Waals surface area contributed by atoms with Crippen molar-refractivity contribution in [2.75, 3.05) is 13.7 Å². The average molecular weight is 374 g/mol. The summed E-state index contributed by atoms with van der Waals surface area (Å²) in [5, 5.41) is 2.44. The maximum atomic E-state index is 12.3. The zero-order valence-electron chi connectivity index (χ0n) is 17.5. The number of carbonyl (C=O) groups excluding carboxylic acids is 1. The Bertz CT molecular complexity index is 722. The molecule has 2 aliphatic heterocycles. The Morgan fingerprint density at radius 2 is 2.04 bits per heavy atom. The number of hydrogen-bond acceptors (Lipinski definition) is 4. The van der Waals surface area contributed by atoms with Crippen LogP contribution in [0.4, 0.5) is 0 Å². The third kappa shape index (κ3) is 1.41. The molecule has 2 heterocycles. The van der Waals surface area contributed by atoms with Crippen molar-refractivity contribution < 1.29 is 14.4 Å². The highest BCUT2D eigenvalue weighted by molar-refractivity contribution is 5.69. The van der Waals surface area contributed by atoms with Gasteiger partial charge in [-0.05, 0) is 73.0 Å². The predicted octanol–water partition coefficient (Wildman–Crippen LogP) is 4.54. The van der Waals surface area contributed by atoms with Gasteiger partial charge in [0.2, 0.25) is 0 Å². The highest BCUT2D eigenvalue weighted by Gasteiger charge is 2.96. The van der Waals surface area contributed by atoms with Crippen molar-refractivity contribution in [3.05, 3.63) is 0 Å². The molecule has 0 aromatic rings. The van der Waals surface area contributed by atoms with Crippen molar-refractivity contribution >= 4 is 5.97 Å². The molecule has 0 N–H and O–H groups in total. The number of nitrogens with zero attached hydrogens (tertiary/aromatic N) is 1. The van der Waals surface area contributed by atoms with Gasteiger partial charge in [0.05, 0.1) is 7.11 Å². The number of carbonyl (C=O) groups is 1. The van der Waals surface area contributed by atoms with E-state index in [2.05, 4.69) is 25.8 Å². The van der Waals surface area contributed by atoms with Gasteiger partial charge in [-0.15, -0.1) is 0 Å². The van der Waals surface area contributed by atoms with Crippen LogP contribution in [0, 0.1) is 39.4 Å². The monoisotopic (exact) mass is 373 g/mol. The molecule has 4 bridgehead atoms. The van der Waals surface area contributed by atoms with Crippen LogP contribution in [0.1, 0.15) is 78.6 Å². The normalized spacial score (nSPS) is 58.9. The summed E-state index contributed by atoms with van der Waals surface area (Å²) < 4.78 is 5.10. The number of hydroxylamine groups is 2. The summed E-state index contributed by atoms with van der Waals surface area (Å²) in [5.41, 5.74) is 1.31. The van der Waals surface area contributed by atoms with Gasteiger partial charge in [0, 0.05) is 24.3 Å². The van der Waals surface area contributed by atoms with E-state index in [1.165, 1.54) is 52.1 Å². The number of piperidine rings is 1. The van der Waals surface area contributed by atoms with Crippen LogP contribution in [0.5, 0.6) is 0 Å². The van der Waals surface area contributed by atoms with Crippen LogP contribution < -0.4 is 0 Å². The number of methoxy groups -OCH3 is 1. The molecule has 3 spiro atoms. The van der Waals surface area contributed by atoms with E-state index in [4.69, 9.17) is 9.57 Å². The van der Waals surface area contributed by atoms with E-state index in [0.717, 1.165) is 18.9 Å². The van der Waals surface area contributed by atoms with Crippen molar-refractivity contribution in [3.63, 3.8) is 0 Å². The average Bonchev–Trinajstić information content (AvgIpc) is 3.10. The van der Waals surface area contributed by atoms with Crippen LogP contribution >= 0.6 is 0 Å². The van der Waals surface area contributed by atoms with E-state index in [1.807, 2.05) is 0 Å². The van der Waals surface area contributed by atoms with Crippen molar-refractivity contribution in [3.8, 4) is 0 Å². The minimum atomic E-state index is -0.104. The number of hydrogen-bond donors (Lipinski definition) is 0. The summed E-state index contributed by atoms with van der Waals surface area (Å²) in [7, 11) is 1.54. The minimum absolute atomic E-state index is 0.0401. The lowest BCUT2D eigenvalue weighted by molar-refractivity contribution is -0.209. The lowest BCUT2D eigenvalue weighted by atomic mass is 9.38. The van der Waals surface area contributed by atoms with E-state index >= 15 is 0 Å². The van der Waals surface area contributed by atoms with E-state index in [9.17, 15) is 4.79 Å². The zero-order chi connectivity index (χ0) is 18.9. The fourth-order valence-corrected chi connectivity index (χ4v) is 10.5. The quantitative estimate of drug-likeness (QED) is 0.536. The van der Waals surface area contributed by atoms with Gasteiger partial charge in [0.15, 0.2) is 5.72 Å². The molecule has 1 unspecified atom stereocenters. The van der Waals surface area contributed by atoms with Crippen LogP contribution in [0.25, 0.3) is 0 Å². The third-order valence-corrected chi connectivity index (χ3v) is 11.2. The Morgan fingerprint density at radius 1 is 1.22 bits per heavy atom. The molecule has 8 atom stereocenters. The SMILES string of the molecule is COC(=O)CC[C@]12[C@@H]3CCC[C@@]34CC[C@@]43CN4O[C@@]41[C@@H](C(C)C)CC[C@@]32C. The van der Waals surface area contributed by atoms with Gasteiger partial charge in [-0.1, -0.05) is 27.2 Å². The molecule has 0 radical (unpaired) electrons. The molecule has 4 saturated carbocycles. The molecule has 0 aromatic carbocycles. The van der Waals surface area contributed by atoms with Crippen LogP contribution in [-0.2, 0) is 14.4 Å². The third-order valence-electron chi connectivity index (χ3n) is 11.2. The maximum absolute atomic E-state index is 12.3. The highest BCUT2D eigenvalue weighted by Crippen LogP contribution is 2.95. The van der Waals surface area contributed by atoms with Gasteiger partial charge in [-0.3, -0.25) is 9.63 Å². The number of esters is 1. The fourth-order valence-electron chi connectivity index (χ4n) is 10.5. The summed E-state index contributed by atoms with van der Waals surface area (Å²) in [6, 6.07) is 0. The molecule has 2 saturated heterocycles. The molecule has 27 heavy (non-hydrogen) atoms. The number of ether oxygens (including phenoxy) is 1. The zero-order valence-corrected chi connectivity index (χ0v) is 17.5. The second-order valence-electron chi connectivity index (χ2n) is 11.3. The molecule has 4 nitrogen and oxygen atoms in total. The van der Waals surface area contributed by atoms with Crippen LogP contribution in [-0.4, -0.2) is 30.4 Å². The Balaban J connectivity index is 1.57. The molecule has 4 aliphatic carbocycles. The van der Waals surface area contributed by atoms with Gasteiger partial charge in [0.25, 0.3) is 0 Å². The van der Waals surface area contributed by atoms with Gasteiger partial charge < -0.3 is 4.74 Å². The first kappa shape index (κ1) is 17.3. The summed E-state index contributed by atoms with van der Waals surface area (Å²) in [5.74, 6) is 1.92. The predicted molar refractivity (Wildman–Crippen MR) is 101 cm³/mol. The van der Waals surface area contributed by atoms with E-state index in [0.29, 0.717) is 34.5 Å². The molecule has 150 valence electrons. The Labute approximate surface area is 163 Å². The summed E-state index contributed by atoms with van der Waals surface area (Å²) >= 11 is 0. The van der Waals surface area contributed by atoms with Gasteiger partial charge in [-0.25, -0.2) is 0 Å². The second kappa shape index (κ2) is 4.75. The standard InChI is InChI=1S/C23H35NO3/c1-15(2)16-7-10-19(3)21-13-12-20(21)9-5-6-17(20)22(19,11-8-18(25)26-4)23(16)24(14-21)27-23/h15-17H,5-14H2,1-4H3/t16-,17-,19+,20-,21+,22-,23-,24?/m1/s1. The van der Waals surface area contributed by atoms with Crippen molar-refractivity contribution in [1.29, 1.82) is 0 Å². The van der Waals surface area contributed by atoms with E-state index in [1.54, 1.807) is 0 Å². The summed E-state index contributed by atoms with van der Waals surface area (Å²) in [4.78, 5) is 19.0. The lowest BCUT2D eigenvalue weighted by Gasteiger charge is -2.67. The fraction of sp³-hybridized carbons (Fsp3) is 0.957. The second-order valence-corrected chi connectivity index (χ2v) is 11.3. The van der Waals surface area contributed by atoms with Crippen molar-refractivity contribution in [1.82, 2.24) is 5.06 Å². The lowest BCUT2D eigenvalue weighted by Crippen LogP contribution is -2.69. The van der Waals surface area contributed by atoms with Crippen LogP contribution in [0.2, 0.25) is 0 Å². The Morgan fingerprint density at radius 3 is 2.70 bits per heavy atom. The first-order chi connectivity index (χ1) is 12.9. The van der Waals surface area contributed by atoms with E-state index in [-0.39, 0.29) is 17.1 Å². The van der Waals surface area contributed by atoms with Crippen molar-refractivity contribution in [2.45, 2.75) is 84.3 Å². The van der Waals surface area contributed by atoms with Crippen molar-refractivity contribution in [2.24, 2.45) is 39.4 Å². The first-order valence-electron chi connectivity index (χ1n) is 11.4. The largest absolute Gasteiger partial charge is 0.469 e. The minimum Gasteiger partial charge on any atom is -0.469 e. The van der Waals surface area contributed by atoms with Gasteiger partial charge in [-0.2, -0.15) is 5.06 Å². The molecular weight excluding hydrogens is 338 g/mol. The molecule has 0 aromatic heterocycles. The topological polar surface area (TPSA) is 41.8 Å². The molecule has 6 fully saturated rings. The van der Waals surface area contributed by atoms with Gasteiger partial charge in [0.1, 0.15) is 0 Å². The maximum Gasteiger partial charge on any atom is 0.305 e. The van der Waals surface area contributed by atoms with Crippen LogP contribution in [0.3, 0.4) is 0 Å². The van der Waals surface area contributed by atoms with Gasteiger partial charge >= 0.3 is 5.97 Å². The molecule has 0 amide bonds.